The molecule has 184 valence electrons. The van der Waals surface area contributed by atoms with Gasteiger partial charge in [-0.1, -0.05) is 12.8 Å². The Kier molecular flexibility index (Phi) is 8.14. The maximum Gasteiger partial charge on any atom is 0.356 e. The molecule has 1 aliphatic rings. The summed E-state index contributed by atoms with van der Waals surface area (Å²) in [6.07, 6.45) is 3.02. The van der Waals surface area contributed by atoms with Crippen LogP contribution in [0.2, 0.25) is 0 Å². The molecule has 8 N–H and O–H groups in total. The van der Waals surface area contributed by atoms with Gasteiger partial charge in [0.15, 0.2) is 0 Å². The molecule has 2 atom stereocenters. The summed E-state index contributed by atoms with van der Waals surface area (Å²) in [6, 6.07) is 8.76. The Bertz CT molecular complexity index is 1020. The normalized spacial score (nSPS) is 18.6. The number of benzene rings is 2. The first-order valence-electron chi connectivity index (χ1n) is 10.4. The zero-order valence-electron chi connectivity index (χ0n) is 17.9. The summed E-state index contributed by atoms with van der Waals surface area (Å²) in [6.45, 7) is 0. The first-order valence-corrected chi connectivity index (χ1v) is 13.6. The fraction of sp³-hybridized carbons (Fsp3) is 0.300. The highest BCUT2D eigenvalue weighted by Crippen LogP contribution is 2.34. The van der Waals surface area contributed by atoms with Crippen molar-refractivity contribution in [2.75, 3.05) is 10.6 Å². The molecule has 1 aliphatic carbocycles. The number of nitrogens with one attached hydrogen (secondary N) is 4. The van der Waals surface area contributed by atoms with Gasteiger partial charge in [-0.3, -0.25) is 9.13 Å². The molecule has 0 radical (unpaired) electrons. The molecule has 0 saturated heterocycles. The Labute approximate surface area is 195 Å². The topological polar surface area (TPSA) is 197 Å². The number of hydrogen-bond acceptors (Lipinski definition) is 4. The molecule has 0 bridgehead atoms. The van der Waals surface area contributed by atoms with E-state index >= 15 is 0 Å². The standard InChI is InChI=1S/C20H26N4O8P2/c25-19(21-13-5-9-15(10-6-13)33(27,28)29)23-17-3-1-2-4-18(17)24-20(26)22-14-7-11-16(12-8-14)34(30,31)32/h5-12,17-18H,1-4H2,(H2,21,23,25)(H2,22,24,26)(H2,27,28,29)(H2,30,31,32)/t17-,18-/m1/s1. The fourth-order valence-corrected chi connectivity index (χ4v) is 4.70. The smallest absolute Gasteiger partial charge is 0.333 e. The maximum atomic E-state index is 12.4. The molecule has 0 heterocycles. The number of anilines is 2. The number of hydrogen-bond donors (Lipinski definition) is 8. The van der Waals surface area contributed by atoms with Crippen LogP contribution in [0.5, 0.6) is 0 Å². The average Bonchev–Trinajstić information content (AvgIpc) is 2.74. The van der Waals surface area contributed by atoms with Crippen molar-refractivity contribution in [1.29, 1.82) is 0 Å². The van der Waals surface area contributed by atoms with E-state index in [1.54, 1.807) is 0 Å². The molecule has 14 heteroatoms. The average molecular weight is 512 g/mol. The van der Waals surface area contributed by atoms with E-state index in [1.165, 1.54) is 48.5 Å². The van der Waals surface area contributed by atoms with Crippen LogP contribution in [-0.2, 0) is 9.13 Å². The minimum atomic E-state index is -4.37. The van der Waals surface area contributed by atoms with Crippen molar-refractivity contribution < 1.29 is 38.3 Å². The van der Waals surface area contributed by atoms with Crippen molar-refractivity contribution >= 4 is 49.2 Å². The summed E-state index contributed by atoms with van der Waals surface area (Å²) in [7, 11) is -8.74. The molecule has 2 aromatic carbocycles. The van der Waals surface area contributed by atoms with E-state index in [-0.39, 0.29) is 22.7 Å². The van der Waals surface area contributed by atoms with Gasteiger partial charge in [0.1, 0.15) is 0 Å². The molecule has 1 fully saturated rings. The summed E-state index contributed by atoms with van der Waals surface area (Å²) in [5.41, 5.74) is 0.707. The predicted octanol–water partition coefficient (Wildman–Crippen LogP) is 1.55. The van der Waals surface area contributed by atoms with E-state index in [2.05, 4.69) is 21.3 Å². The second kappa shape index (κ2) is 10.7. The Morgan fingerprint density at radius 1 is 0.647 bits per heavy atom. The fourth-order valence-electron chi connectivity index (χ4n) is 3.63. The van der Waals surface area contributed by atoms with Crippen LogP contribution in [0.15, 0.2) is 48.5 Å². The van der Waals surface area contributed by atoms with Crippen LogP contribution in [0.4, 0.5) is 21.0 Å². The summed E-state index contributed by atoms with van der Waals surface area (Å²) in [5.74, 6) is 0. The van der Waals surface area contributed by atoms with Crippen molar-refractivity contribution in [2.45, 2.75) is 37.8 Å². The van der Waals surface area contributed by atoms with E-state index in [0.29, 0.717) is 24.2 Å². The molecular weight excluding hydrogens is 486 g/mol. The van der Waals surface area contributed by atoms with Crippen LogP contribution in [0.1, 0.15) is 25.7 Å². The largest absolute Gasteiger partial charge is 0.356 e. The highest BCUT2D eigenvalue weighted by molar-refractivity contribution is 7.60. The van der Waals surface area contributed by atoms with Gasteiger partial charge in [0, 0.05) is 11.4 Å². The zero-order chi connectivity index (χ0) is 24.9. The molecule has 34 heavy (non-hydrogen) atoms. The van der Waals surface area contributed by atoms with Crippen molar-refractivity contribution in [1.82, 2.24) is 10.6 Å². The number of urea groups is 2. The third kappa shape index (κ3) is 7.39. The molecule has 0 aromatic heterocycles. The Hall–Kier alpha value is -2.72. The van der Waals surface area contributed by atoms with Gasteiger partial charge in [-0.25, -0.2) is 9.59 Å². The van der Waals surface area contributed by atoms with Crippen LogP contribution >= 0.6 is 15.2 Å². The predicted molar refractivity (Wildman–Crippen MR) is 127 cm³/mol. The highest BCUT2D eigenvalue weighted by Gasteiger charge is 2.28. The summed E-state index contributed by atoms with van der Waals surface area (Å²) in [4.78, 5) is 61.5. The molecule has 1 saturated carbocycles. The van der Waals surface area contributed by atoms with Crippen LogP contribution < -0.4 is 31.9 Å². The molecular formula is C20H26N4O8P2. The van der Waals surface area contributed by atoms with Gasteiger partial charge in [-0.15, -0.1) is 0 Å². The number of carbonyl (C=O) groups excluding carboxylic acids is 2. The Morgan fingerprint density at radius 3 is 1.26 bits per heavy atom. The quantitative estimate of drug-likeness (QED) is 0.267. The first kappa shape index (κ1) is 25.9. The molecule has 0 unspecified atom stereocenters. The number of rotatable bonds is 6. The van der Waals surface area contributed by atoms with E-state index in [1.807, 2.05) is 0 Å². The molecule has 0 aliphatic heterocycles. The first-order chi connectivity index (χ1) is 15.9. The van der Waals surface area contributed by atoms with E-state index in [0.717, 1.165) is 12.8 Å². The number of carbonyl (C=O) groups is 2. The highest BCUT2D eigenvalue weighted by atomic mass is 31.2. The third-order valence-electron chi connectivity index (χ3n) is 5.32. The number of amides is 4. The SMILES string of the molecule is O=C(Nc1ccc(P(=O)(O)O)cc1)N[C@@H]1CCCC[C@H]1NC(=O)Nc1ccc(P(=O)(O)O)cc1. The molecule has 12 nitrogen and oxygen atoms in total. The van der Waals surface area contributed by atoms with Crippen LogP contribution in [0.25, 0.3) is 0 Å². The van der Waals surface area contributed by atoms with Gasteiger partial charge in [-0.2, -0.15) is 0 Å². The van der Waals surface area contributed by atoms with Crippen LogP contribution in [0, 0.1) is 0 Å². The lowest BCUT2D eigenvalue weighted by atomic mass is 9.90. The van der Waals surface area contributed by atoms with Crippen molar-refractivity contribution in [2.24, 2.45) is 0 Å². The van der Waals surface area contributed by atoms with Gasteiger partial charge < -0.3 is 40.8 Å². The summed E-state index contributed by atoms with van der Waals surface area (Å²) >= 11 is 0. The monoisotopic (exact) mass is 512 g/mol. The van der Waals surface area contributed by atoms with Gasteiger partial charge >= 0.3 is 27.3 Å². The zero-order valence-corrected chi connectivity index (χ0v) is 19.7. The van der Waals surface area contributed by atoms with Crippen LogP contribution in [0.3, 0.4) is 0 Å². The molecule has 4 amide bonds. The summed E-state index contributed by atoms with van der Waals surface area (Å²) < 4.78 is 22.5. The summed E-state index contributed by atoms with van der Waals surface area (Å²) in [5, 5.41) is 10.5. The maximum absolute atomic E-state index is 12.4. The molecule has 0 spiro atoms. The van der Waals surface area contributed by atoms with Gasteiger partial charge in [-0.05, 0) is 61.4 Å². The lowest BCUT2D eigenvalue weighted by Gasteiger charge is -2.32. The van der Waals surface area contributed by atoms with Gasteiger partial charge in [0.2, 0.25) is 0 Å². The lowest BCUT2D eigenvalue weighted by molar-refractivity contribution is 0.225. The van der Waals surface area contributed by atoms with E-state index in [4.69, 9.17) is 19.6 Å². The van der Waals surface area contributed by atoms with Crippen molar-refractivity contribution in [3.63, 3.8) is 0 Å². The van der Waals surface area contributed by atoms with Crippen molar-refractivity contribution in [3.05, 3.63) is 48.5 Å². The lowest BCUT2D eigenvalue weighted by Crippen LogP contribution is -2.54. The minimum absolute atomic E-state index is 0.155. The Morgan fingerprint density at radius 2 is 0.971 bits per heavy atom. The van der Waals surface area contributed by atoms with Gasteiger partial charge in [0.05, 0.1) is 22.7 Å². The minimum Gasteiger partial charge on any atom is -0.333 e. The van der Waals surface area contributed by atoms with Gasteiger partial charge in [0.25, 0.3) is 0 Å². The van der Waals surface area contributed by atoms with E-state index in [9.17, 15) is 18.7 Å². The van der Waals surface area contributed by atoms with Crippen LogP contribution in [-0.4, -0.2) is 43.7 Å². The third-order valence-corrected chi connectivity index (χ3v) is 7.26. The van der Waals surface area contributed by atoms with E-state index < -0.39 is 27.3 Å². The molecule has 2 aromatic rings. The Balaban J connectivity index is 1.55. The second-order valence-electron chi connectivity index (χ2n) is 7.88. The molecule has 3 rings (SSSR count). The second-order valence-corrected chi connectivity index (χ2v) is 11.1. The van der Waals surface area contributed by atoms with Crippen molar-refractivity contribution in [3.8, 4) is 0 Å².